The molecule has 0 bridgehead atoms. The van der Waals surface area contributed by atoms with Crippen LogP contribution in [-0.2, 0) is 6.42 Å². The molecule has 6 heteroatoms. The van der Waals surface area contributed by atoms with Gasteiger partial charge in [-0.3, -0.25) is 9.78 Å². The molecule has 27 heavy (non-hydrogen) atoms. The van der Waals surface area contributed by atoms with E-state index in [-0.39, 0.29) is 23.5 Å². The second-order valence-corrected chi connectivity index (χ2v) is 7.50. The van der Waals surface area contributed by atoms with E-state index < -0.39 is 6.10 Å². The van der Waals surface area contributed by atoms with E-state index in [1.165, 1.54) is 0 Å². The molecule has 1 fully saturated rings. The Bertz CT molecular complexity index is 961. The second-order valence-electron chi connectivity index (χ2n) is 7.50. The van der Waals surface area contributed by atoms with Crippen molar-refractivity contribution in [2.75, 3.05) is 13.1 Å². The molecule has 1 saturated heterocycles. The van der Waals surface area contributed by atoms with Crippen LogP contribution in [0.2, 0.25) is 0 Å². The fourth-order valence-electron chi connectivity index (χ4n) is 3.65. The maximum atomic E-state index is 12.7. The summed E-state index contributed by atoms with van der Waals surface area (Å²) in [5.74, 6) is 0.205. The summed E-state index contributed by atoms with van der Waals surface area (Å²) in [7, 11) is 0. The number of carbonyl (C=O) groups excluding carboxylic acids is 1. The molecule has 0 spiro atoms. The van der Waals surface area contributed by atoms with Crippen molar-refractivity contribution in [2.45, 2.75) is 32.3 Å². The Kier molecular flexibility index (Phi) is 4.66. The van der Waals surface area contributed by atoms with Gasteiger partial charge in [0.25, 0.3) is 5.91 Å². The number of benzene rings is 1. The molecular formula is C21H23N3O3. The van der Waals surface area contributed by atoms with Crippen molar-refractivity contribution in [3.63, 3.8) is 0 Å². The summed E-state index contributed by atoms with van der Waals surface area (Å²) >= 11 is 0. The number of β-amino-alcohol motifs (C(OH)–C–C–N with tert-alkyl or cyclic N) is 1. The van der Waals surface area contributed by atoms with E-state index in [0.717, 1.165) is 22.2 Å². The topological polar surface area (TPSA) is 79.5 Å². The molecule has 0 saturated carbocycles. The number of fused-ring (bicyclic) bond motifs is 1. The first-order valence-electron chi connectivity index (χ1n) is 9.29. The average Bonchev–Trinajstić information content (AvgIpc) is 3.29. The molecule has 1 aliphatic heterocycles. The van der Waals surface area contributed by atoms with Crippen LogP contribution < -0.4 is 0 Å². The largest absolute Gasteiger partial charge is 0.391 e. The van der Waals surface area contributed by atoms with Crippen LogP contribution in [0.15, 0.2) is 47.1 Å². The number of hydrogen-bond donors (Lipinski definition) is 1. The molecule has 3 aromatic rings. The summed E-state index contributed by atoms with van der Waals surface area (Å²) < 4.78 is 5.22. The molecule has 2 atom stereocenters. The molecule has 1 amide bonds. The highest BCUT2D eigenvalue weighted by atomic mass is 16.5. The minimum absolute atomic E-state index is 0.0211. The maximum absolute atomic E-state index is 12.7. The van der Waals surface area contributed by atoms with Crippen molar-refractivity contribution >= 4 is 16.8 Å². The quantitative estimate of drug-likeness (QED) is 0.769. The van der Waals surface area contributed by atoms with Gasteiger partial charge in [0.15, 0.2) is 0 Å². The third-order valence-corrected chi connectivity index (χ3v) is 5.25. The normalized spacial score (nSPS) is 19.9. The zero-order chi connectivity index (χ0) is 19.0. The van der Waals surface area contributed by atoms with Crippen LogP contribution in [0.5, 0.6) is 0 Å². The Hall–Kier alpha value is -2.73. The molecule has 140 valence electrons. The lowest BCUT2D eigenvalue weighted by Crippen LogP contribution is -2.29. The van der Waals surface area contributed by atoms with Crippen LogP contribution in [0.1, 0.15) is 41.6 Å². The van der Waals surface area contributed by atoms with Crippen LogP contribution >= 0.6 is 0 Å². The molecule has 1 aliphatic rings. The SMILES string of the molecule is CC(C)c1cc(C(=O)N2C[C@@H](Cc3ccnc4ccccc34)[C@@H](O)C2)on1. The second kappa shape index (κ2) is 7.12. The van der Waals surface area contributed by atoms with E-state index in [2.05, 4.69) is 10.1 Å². The van der Waals surface area contributed by atoms with E-state index in [0.29, 0.717) is 19.5 Å². The first-order valence-corrected chi connectivity index (χ1v) is 9.29. The number of aromatic nitrogens is 2. The fourth-order valence-corrected chi connectivity index (χ4v) is 3.65. The number of aliphatic hydroxyl groups excluding tert-OH is 1. The Labute approximate surface area is 157 Å². The number of rotatable bonds is 4. The summed E-state index contributed by atoms with van der Waals surface area (Å²) in [6, 6.07) is 11.7. The Morgan fingerprint density at radius 2 is 2.11 bits per heavy atom. The molecule has 6 nitrogen and oxygen atoms in total. The van der Waals surface area contributed by atoms with E-state index >= 15 is 0 Å². The van der Waals surface area contributed by atoms with Gasteiger partial charge in [0, 0.05) is 36.7 Å². The van der Waals surface area contributed by atoms with Gasteiger partial charge in [-0.15, -0.1) is 0 Å². The Morgan fingerprint density at radius 3 is 2.89 bits per heavy atom. The molecule has 1 aromatic carbocycles. The summed E-state index contributed by atoms with van der Waals surface area (Å²) in [6.07, 6.45) is 1.93. The van der Waals surface area contributed by atoms with Crippen molar-refractivity contribution in [1.29, 1.82) is 0 Å². The third-order valence-electron chi connectivity index (χ3n) is 5.25. The van der Waals surface area contributed by atoms with Crippen molar-refractivity contribution in [3.8, 4) is 0 Å². The number of likely N-dealkylation sites (tertiary alicyclic amines) is 1. The maximum Gasteiger partial charge on any atom is 0.292 e. The molecule has 2 aromatic heterocycles. The average molecular weight is 365 g/mol. The van der Waals surface area contributed by atoms with Crippen LogP contribution in [0.3, 0.4) is 0 Å². The van der Waals surface area contributed by atoms with Crippen LogP contribution in [0.25, 0.3) is 10.9 Å². The number of carbonyl (C=O) groups is 1. The van der Waals surface area contributed by atoms with Gasteiger partial charge < -0.3 is 14.5 Å². The van der Waals surface area contributed by atoms with Gasteiger partial charge in [-0.05, 0) is 30.0 Å². The third kappa shape index (κ3) is 3.45. The Balaban J connectivity index is 1.50. The lowest BCUT2D eigenvalue weighted by molar-refractivity contribution is 0.0723. The summed E-state index contributed by atoms with van der Waals surface area (Å²) in [6.45, 7) is 4.81. The zero-order valence-corrected chi connectivity index (χ0v) is 15.5. The van der Waals surface area contributed by atoms with Crippen molar-refractivity contribution in [1.82, 2.24) is 15.0 Å². The number of para-hydroxylation sites is 1. The summed E-state index contributed by atoms with van der Waals surface area (Å²) in [4.78, 5) is 18.8. The minimum atomic E-state index is -0.562. The van der Waals surface area contributed by atoms with Gasteiger partial charge in [-0.25, -0.2) is 0 Å². The number of nitrogens with zero attached hydrogens (tertiary/aromatic N) is 3. The first-order chi connectivity index (χ1) is 13.0. The fraction of sp³-hybridized carbons (Fsp3) is 0.381. The van der Waals surface area contributed by atoms with Gasteiger partial charge in [-0.2, -0.15) is 0 Å². The number of amides is 1. The van der Waals surface area contributed by atoms with Crippen molar-refractivity contribution in [2.24, 2.45) is 5.92 Å². The molecule has 3 heterocycles. The van der Waals surface area contributed by atoms with Gasteiger partial charge in [-0.1, -0.05) is 37.2 Å². The lowest BCUT2D eigenvalue weighted by atomic mass is 9.94. The molecule has 0 radical (unpaired) electrons. The zero-order valence-electron chi connectivity index (χ0n) is 15.5. The number of aliphatic hydroxyl groups is 1. The molecule has 1 N–H and O–H groups in total. The van der Waals surface area contributed by atoms with Crippen LogP contribution in [-0.4, -0.2) is 45.2 Å². The van der Waals surface area contributed by atoms with Gasteiger partial charge >= 0.3 is 0 Å². The van der Waals surface area contributed by atoms with Crippen LogP contribution in [0, 0.1) is 5.92 Å². The smallest absolute Gasteiger partial charge is 0.292 e. The molecule has 0 unspecified atom stereocenters. The van der Waals surface area contributed by atoms with Gasteiger partial charge in [0.1, 0.15) is 0 Å². The number of hydrogen-bond acceptors (Lipinski definition) is 5. The summed E-state index contributed by atoms with van der Waals surface area (Å²) in [5, 5.41) is 15.6. The molecule has 4 rings (SSSR count). The Morgan fingerprint density at radius 1 is 1.30 bits per heavy atom. The van der Waals surface area contributed by atoms with E-state index in [9.17, 15) is 9.90 Å². The minimum Gasteiger partial charge on any atom is -0.391 e. The van der Waals surface area contributed by atoms with Gasteiger partial charge in [0.05, 0.1) is 17.3 Å². The van der Waals surface area contributed by atoms with E-state index in [1.807, 2.05) is 44.2 Å². The molecular weight excluding hydrogens is 342 g/mol. The number of pyridine rings is 1. The predicted molar refractivity (Wildman–Crippen MR) is 101 cm³/mol. The van der Waals surface area contributed by atoms with Gasteiger partial charge in [0.2, 0.25) is 5.76 Å². The van der Waals surface area contributed by atoms with Crippen molar-refractivity contribution < 1.29 is 14.4 Å². The summed E-state index contributed by atoms with van der Waals surface area (Å²) in [5.41, 5.74) is 2.84. The van der Waals surface area contributed by atoms with E-state index in [4.69, 9.17) is 4.52 Å². The van der Waals surface area contributed by atoms with E-state index in [1.54, 1.807) is 17.2 Å². The highest BCUT2D eigenvalue weighted by Gasteiger charge is 2.36. The standard InChI is InChI=1S/C21H23N3O3/c1-13(2)18-10-20(27-23-18)21(26)24-11-15(19(25)12-24)9-14-7-8-22-17-6-4-3-5-16(14)17/h3-8,10,13,15,19,25H,9,11-12H2,1-2H3/t15-,19+/m1/s1. The molecule has 0 aliphatic carbocycles. The first kappa shape index (κ1) is 17.7. The monoisotopic (exact) mass is 365 g/mol. The lowest BCUT2D eigenvalue weighted by Gasteiger charge is -2.15. The predicted octanol–water partition coefficient (Wildman–Crippen LogP) is 3.02. The van der Waals surface area contributed by atoms with Crippen molar-refractivity contribution in [3.05, 3.63) is 59.6 Å². The van der Waals surface area contributed by atoms with Crippen LogP contribution in [0.4, 0.5) is 0 Å². The highest BCUT2D eigenvalue weighted by Crippen LogP contribution is 2.27. The highest BCUT2D eigenvalue weighted by molar-refractivity contribution is 5.91.